The minimum Gasteiger partial charge on any atom is -0.368 e. The van der Waals surface area contributed by atoms with Crippen molar-refractivity contribution >= 4 is 11.9 Å². The van der Waals surface area contributed by atoms with E-state index in [9.17, 15) is 9.59 Å². The highest BCUT2D eigenvalue weighted by atomic mass is 16.1. The van der Waals surface area contributed by atoms with Gasteiger partial charge in [-0.3, -0.25) is 14.6 Å². The summed E-state index contributed by atoms with van der Waals surface area (Å²) < 4.78 is 0. The van der Waals surface area contributed by atoms with E-state index >= 15 is 0 Å². The van der Waals surface area contributed by atoms with Gasteiger partial charge in [0, 0.05) is 25.2 Å². The minimum absolute atomic E-state index is 0.0774. The number of H-pyrrole nitrogens is 1. The van der Waals surface area contributed by atoms with Gasteiger partial charge in [-0.05, 0) is 25.7 Å². The second-order valence-corrected chi connectivity index (χ2v) is 5.34. The number of aryl methyl sites for hydroxylation is 1. The zero-order valence-electron chi connectivity index (χ0n) is 11.3. The number of nitrogens with zero attached hydrogens (tertiary/aromatic N) is 2. The fraction of sp³-hybridized carbons (Fsp3) is 0.615. The van der Waals surface area contributed by atoms with Crippen LogP contribution in [-0.2, 0) is 17.6 Å². The topological polar surface area (TPSA) is 104 Å². The second kappa shape index (κ2) is 5.24. The number of hydrogen-bond donors (Lipinski definition) is 3. The van der Waals surface area contributed by atoms with Crippen LogP contribution >= 0.6 is 0 Å². The van der Waals surface area contributed by atoms with Crippen LogP contribution in [-0.4, -0.2) is 41.6 Å². The Bertz CT molecular complexity index is 583. The predicted molar refractivity (Wildman–Crippen MR) is 74.7 cm³/mol. The molecule has 0 saturated carbocycles. The third-order valence-corrected chi connectivity index (χ3v) is 4.02. The molecule has 0 spiro atoms. The van der Waals surface area contributed by atoms with E-state index in [0.717, 1.165) is 43.5 Å². The zero-order chi connectivity index (χ0) is 14.1. The number of piperazine rings is 1. The molecule has 1 saturated heterocycles. The number of amides is 1. The van der Waals surface area contributed by atoms with Gasteiger partial charge in [0.2, 0.25) is 11.9 Å². The van der Waals surface area contributed by atoms with Crippen LogP contribution in [0.15, 0.2) is 4.79 Å². The molecule has 1 aliphatic carbocycles. The van der Waals surface area contributed by atoms with Gasteiger partial charge >= 0.3 is 0 Å². The number of hydrogen-bond acceptors (Lipinski definition) is 5. The lowest BCUT2D eigenvalue weighted by molar-refractivity contribution is -0.119. The molecule has 7 heteroatoms. The smallest absolute Gasteiger partial charge is 0.255 e. The van der Waals surface area contributed by atoms with Gasteiger partial charge in [-0.25, -0.2) is 4.98 Å². The van der Waals surface area contributed by atoms with Crippen molar-refractivity contribution in [2.45, 2.75) is 31.7 Å². The third-order valence-electron chi connectivity index (χ3n) is 4.02. The monoisotopic (exact) mass is 277 g/mol. The number of primary amides is 1. The molecular formula is C13H19N5O2. The molecular weight excluding hydrogens is 258 g/mol. The second-order valence-electron chi connectivity index (χ2n) is 5.34. The molecule has 2 heterocycles. The van der Waals surface area contributed by atoms with Crippen molar-refractivity contribution in [2.24, 2.45) is 5.73 Å². The third kappa shape index (κ3) is 2.29. The molecule has 7 nitrogen and oxygen atoms in total. The summed E-state index contributed by atoms with van der Waals surface area (Å²) in [5, 5.41) is 3.13. The van der Waals surface area contributed by atoms with Gasteiger partial charge < -0.3 is 16.0 Å². The van der Waals surface area contributed by atoms with Crippen molar-refractivity contribution in [1.82, 2.24) is 15.3 Å². The van der Waals surface area contributed by atoms with E-state index in [1.165, 1.54) is 0 Å². The Hall–Kier alpha value is -1.89. The van der Waals surface area contributed by atoms with E-state index in [2.05, 4.69) is 15.3 Å². The molecule has 1 atom stereocenters. The molecule has 1 aromatic heterocycles. The van der Waals surface area contributed by atoms with Crippen LogP contribution < -0.4 is 21.5 Å². The summed E-state index contributed by atoms with van der Waals surface area (Å²) in [5.74, 6) is 0.0681. The van der Waals surface area contributed by atoms with Gasteiger partial charge in [0.15, 0.2) is 0 Å². The molecule has 1 amide bonds. The molecule has 1 fully saturated rings. The normalized spacial score (nSPS) is 22.4. The number of anilines is 1. The number of aromatic nitrogens is 2. The number of nitrogens with one attached hydrogen (secondary N) is 2. The van der Waals surface area contributed by atoms with Crippen molar-refractivity contribution < 1.29 is 4.79 Å². The maximum absolute atomic E-state index is 12.1. The Balaban J connectivity index is 1.98. The summed E-state index contributed by atoms with van der Waals surface area (Å²) in [7, 11) is 0. The Morgan fingerprint density at radius 3 is 2.95 bits per heavy atom. The van der Waals surface area contributed by atoms with Crippen molar-refractivity contribution in [3.05, 3.63) is 21.6 Å². The van der Waals surface area contributed by atoms with E-state index in [1.54, 1.807) is 4.90 Å². The predicted octanol–water partition coefficient (Wildman–Crippen LogP) is -1.09. The van der Waals surface area contributed by atoms with E-state index in [1.807, 2.05) is 0 Å². The first-order chi connectivity index (χ1) is 9.66. The maximum Gasteiger partial charge on any atom is 0.255 e. The van der Waals surface area contributed by atoms with E-state index in [-0.39, 0.29) is 5.56 Å². The van der Waals surface area contributed by atoms with Gasteiger partial charge in [0.1, 0.15) is 6.04 Å². The number of carbonyl (C=O) groups is 1. The zero-order valence-corrected chi connectivity index (χ0v) is 11.3. The first kappa shape index (κ1) is 13.1. The van der Waals surface area contributed by atoms with Crippen molar-refractivity contribution in [3.8, 4) is 0 Å². The first-order valence-corrected chi connectivity index (χ1v) is 7.05. The van der Waals surface area contributed by atoms with Crippen molar-refractivity contribution in [1.29, 1.82) is 0 Å². The van der Waals surface area contributed by atoms with Gasteiger partial charge in [-0.15, -0.1) is 0 Å². The first-order valence-electron chi connectivity index (χ1n) is 7.05. The Labute approximate surface area is 116 Å². The van der Waals surface area contributed by atoms with Crippen LogP contribution in [0.5, 0.6) is 0 Å². The summed E-state index contributed by atoms with van der Waals surface area (Å²) in [6.45, 7) is 1.83. The summed E-state index contributed by atoms with van der Waals surface area (Å²) in [4.78, 5) is 32.9. The Morgan fingerprint density at radius 1 is 1.35 bits per heavy atom. The van der Waals surface area contributed by atoms with Crippen molar-refractivity contribution in [2.75, 3.05) is 24.5 Å². The average Bonchev–Trinajstić information content (AvgIpc) is 2.47. The highest BCUT2D eigenvalue weighted by Gasteiger charge is 2.29. The molecule has 2 aliphatic rings. The number of fused-ring (bicyclic) bond motifs is 1. The molecule has 0 unspecified atom stereocenters. The number of carbonyl (C=O) groups excluding carboxylic acids is 1. The number of nitrogens with two attached hydrogens (primary N) is 1. The van der Waals surface area contributed by atoms with Crippen LogP contribution in [0.25, 0.3) is 0 Å². The summed E-state index contributed by atoms with van der Waals surface area (Å²) >= 11 is 0. The molecule has 0 radical (unpaired) electrons. The summed E-state index contributed by atoms with van der Waals surface area (Å²) in [6.07, 6.45) is 3.72. The SMILES string of the molecule is NC(=O)[C@H]1CNCCN1c1nc2c(c(=O)[nH]1)CCCC2. The fourth-order valence-electron chi connectivity index (χ4n) is 2.94. The molecule has 108 valence electrons. The lowest BCUT2D eigenvalue weighted by Gasteiger charge is -2.34. The summed E-state index contributed by atoms with van der Waals surface area (Å²) in [6, 6.07) is -0.464. The largest absolute Gasteiger partial charge is 0.368 e. The molecule has 1 aliphatic heterocycles. The maximum atomic E-state index is 12.1. The highest BCUT2D eigenvalue weighted by Crippen LogP contribution is 2.19. The lowest BCUT2D eigenvalue weighted by Crippen LogP contribution is -2.58. The summed E-state index contributed by atoms with van der Waals surface area (Å²) in [5.41, 5.74) is 7.02. The van der Waals surface area contributed by atoms with E-state index < -0.39 is 11.9 Å². The number of rotatable bonds is 2. The highest BCUT2D eigenvalue weighted by molar-refractivity contribution is 5.83. The van der Waals surface area contributed by atoms with Crippen molar-refractivity contribution in [3.63, 3.8) is 0 Å². The van der Waals surface area contributed by atoms with Gasteiger partial charge in [-0.2, -0.15) is 0 Å². The van der Waals surface area contributed by atoms with Crippen LogP contribution in [0.2, 0.25) is 0 Å². The minimum atomic E-state index is -0.464. The quantitative estimate of drug-likeness (QED) is 0.637. The van der Waals surface area contributed by atoms with Crippen LogP contribution in [0.4, 0.5) is 5.95 Å². The molecule has 3 rings (SSSR count). The molecule has 0 aromatic carbocycles. The van der Waals surface area contributed by atoms with E-state index in [0.29, 0.717) is 19.0 Å². The van der Waals surface area contributed by atoms with Gasteiger partial charge in [0.25, 0.3) is 5.56 Å². The Morgan fingerprint density at radius 2 is 2.15 bits per heavy atom. The Kier molecular flexibility index (Phi) is 3.43. The molecule has 1 aromatic rings. The standard InChI is InChI=1S/C13H19N5O2/c14-11(19)10-7-15-5-6-18(10)13-16-9-4-2-1-3-8(9)12(20)17-13/h10,15H,1-7H2,(H2,14,19)(H,16,17,20)/t10-/m1/s1. The lowest BCUT2D eigenvalue weighted by atomic mass is 9.97. The van der Waals surface area contributed by atoms with Gasteiger partial charge in [0.05, 0.1) is 5.69 Å². The molecule has 4 N–H and O–H groups in total. The number of aromatic amines is 1. The fourth-order valence-corrected chi connectivity index (χ4v) is 2.94. The van der Waals surface area contributed by atoms with Gasteiger partial charge in [-0.1, -0.05) is 0 Å². The van der Waals surface area contributed by atoms with Crippen LogP contribution in [0.3, 0.4) is 0 Å². The molecule has 0 bridgehead atoms. The molecule has 20 heavy (non-hydrogen) atoms. The van der Waals surface area contributed by atoms with Crippen LogP contribution in [0.1, 0.15) is 24.1 Å². The van der Waals surface area contributed by atoms with Crippen LogP contribution in [0, 0.1) is 0 Å². The van der Waals surface area contributed by atoms with E-state index in [4.69, 9.17) is 5.73 Å². The average molecular weight is 277 g/mol.